The Morgan fingerprint density at radius 2 is 0.972 bits per heavy atom. The van der Waals surface area contributed by atoms with E-state index >= 15 is 0 Å². The fourth-order valence-corrected chi connectivity index (χ4v) is 8.35. The summed E-state index contributed by atoms with van der Waals surface area (Å²) in [6.07, 6.45) is 66.6. The molecule has 10 heteroatoms. The second-order valence-corrected chi connectivity index (χ2v) is 21.5. The number of nitrogens with zero attached hydrogens (tertiary/aromatic N) is 1. The first-order valence-corrected chi connectivity index (χ1v) is 30.0. The van der Waals surface area contributed by atoms with Crippen molar-refractivity contribution in [2.45, 2.75) is 238 Å². The Morgan fingerprint density at radius 1 is 0.521 bits per heavy atom. The third-order valence-corrected chi connectivity index (χ3v) is 13.0. The van der Waals surface area contributed by atoms with Gasteiger partial charge in [-0.05, 0) is 89.5 Å². The topological polar surface area (TPSA) is 114 Å². The number of likely N-dealkylation sites (N-methyl/N-ethyl adjacent to an activating group) is 1. The van der Waals surface area contributed by atoms with Crippen LogP contribution in [-0.4, -0.2) is 69.4 Å². The molecule has 0 aliphatic heterocycles. The molecule has 1 N–H and O–H groups in total. The van der Waals surface area contributed by atoms with Crippen LogP contribution in [0.1, 0.15) is 226 Å². The third kappa shape index (κ3) is 51.6. The van der Waals surface area contributed by atoms with Gasteiger partial charge in [0.25, 0.3) is 7.82 Å². The summed E-state index contributed by atoms with van der Waals surface area (Å²) >= 11 is 0. The number of rotatable bonds is 50. The van der Waals surface area contributed by atoms with Gasteiger partial charge < -0.3 is 28.5 Å². The van der Waals surface area contributed by atoms with E-state index in [2.05, 4.69) is 111 Å². The number of carbonyl (C=O) groups is 2. The van der Waals surface area contributed by atoms with Gasteiger partial charge >= 0.3 is 5.97 Å². The number of esters is 1. The monoisotopic (exact) mass is 1010 g/mol. The maximum atomic E-state index is 13.5. The number of phosphoric ester groups is 1. The van der Waals surface area contributed by atoms with Crippen LogP contribution in [0.2, 0.25) is 0 Å². The van der Waals surface area contributed by atoms with Crippen molar-refractivity contribution < 1.29 is 37.3 Å². The molecule has 0 aromatic heterocycles. The molecular weight excluding hydrogens is 904 g/mol. The number of allylic oxidation sites excluding steroid dienone is 15. The van der Waals surface area contributed by atoms with E-state index in [9.17, 15) is 19.0 Å². The van der Waals surface area contributed by atoms with Crippen molar-refractivity contribution in [2.75, 3.05) is 40.9 Å². The van der Waals surface area contributed by atoms with Gasteiger partial charge in [-0.25, -0.2) is 0 Å². The first kappa shape index (κ1) is 67.9. The summed E-state index contributed by atoms with van der Waals surface area (Å²) in [5.41, 5.74) is 0. The summed E-state index contributed by atoms with van der Waals surface area (Å²) in [6.45, 7) is 6.62. The van der Waals surface area contributed by atoms with Crippen LogP contribution in [0.3, 0.4) is 0 Å². The maximum Gasteiger partial charge on any atom is 0.306 e. The average molecular weight is 1010 g/mol. The molecular formula is C61H107N2O7P. The summed E-state index contributed by atoms with van der Waals surface area (Å²) in [5.74, 6) is -0.627. The molecule has 1 amide bonds. The smallest absolute Gasteiger partial charge is 0.306 e. The standard InChI is InChI=1S/C61H107N2O7P/c1-7-10-13-16-19-22-25-28-30-31-33-36-39-42-45-48-51-54-61(65)70-59(52-49-46-43-40-37-34-27-24-21-18-15-12-9-3)58(57-69-71(66,67)68-56-55-63(4,5)6)62-60(64)53-50-47-44-41-38-35-32-29-26-23-20-17-14-11-8-2/h11,14,17,19-20,22-23,26,28,30,33,36,42,45,49,52,58-59H,7-10,12-13,15-16,18,21,24-25,27,29,31-32,34-35,37-41,43-44,46-48,50-51,53-57H2,1-6H3,(H-,62,64,66,67)/b14-11+,20-17+,22-19-,26-23+,30-28-,36-33-,45-42-,52-49+. The minimum atomic E-state index is -4.71. The van der Waals surface area contributed by atoms with Crippen LogP contribution >= 0.6 is 7.82 Å². The Balaban J connectivity index is 5.50. The number of ether oxygens (including phenoxy) is 1. The molecule has 0 fully saturated rings. The van der Waals surface area contributed by atoms with Crippen LogP contribution in [-0.2, 0) is 27.9 Å². The lowest BCUT2D eigenvalue weighted by Crippen LogP contribution is -2.47. The summed E-state index contributed by atoms with van der Waals surface area (Å²) in [4.78, 5) is 39.8. The second-order valence-electron chi connectivity index (χ2n) is 20.1. The molecule has 0 spiro atoms. The van der Waals surface area contributed by atoms with Crippen LogP contribution < -0.4 is 10.2 Å². The molecule has 0 aliphatic carbocycles. The van der Waals surface area contributed by atoms with Crippen molar-refractivity contribution in [1.82, 2.24) is 5.32 Å². The minimum Gasteiger partial charge on any atom is -0.756 e. The zero-order valence-electron chi connectivity index (χ0n) is 46.4. The Hall–Kier alpha value is -3.07. The summed E-state index contributed by atoms with van der Waals surface area (Å²) in [5, 5.41) is 3.00. The van der Waals surface area contributed by atoms with Crippen molar-refractivity contribution in [1.29, 1.82) is 0 Å². The number of unbranched alkanes of at least 4 members (excludes halogenated alkanes) is 22. The van der Waals surface area contributed by atoms with E-state index in [0.717, 1.165) is 77.0 Å². The molecule has 0 heterocycles. The van der Waals surface area contributed by atoms with Gasteiger partial charge in [0, 0.05) is 12.8 Å². The van der Waals surface area contributed by atoms with Crippen molar-refractivity contribution in [3.63, 3.8) is 0 Å². The summed E-state index contributed by atoms with van der Waals surface area (Å²) < 4.78 is 30.2. The normalized spacial score (nSPS) is 14.5. The van der Waals surface area contributed by atoms with E-state index < -0.39 is 32.5 Å². The highest BCUT2D eigenvalue weighted by Gasteiger charge is 2.27. The van der Waals surface area contributed by atoms with Crippen LogP contribution in [0.15, 0.2) is 97.2 Å². The molecule has 3 unspecified atom stereocenters. The average Bonchev–Trinajstić information content (AvgIpc) is 3.33. The highest BCUT2D eigenvalue weighted by Crippen LogP contribution is 2.38. The van der Waals surface area contributed by atoms with Crippen molar-refractivity contribution in [3.05, 3.63) is 97.2 Å². The zero-order chi connectivity index (χ0) is 52.2. The van der Waals surface area contributed by atoms with Crippen LogP contribution in [0.5, 0.6) is 0 Å². The quantitative estimate of drug-likeness (QED) is 0.0161. The molecule has 71 heavy (non-hydrogen) atoms. The van der Waals surface area contributed by atoms with E-state index in [1.54, 1.807) is 6.08 Å². The molecule has 0 radical (unpaired) electrons. The fraction of sp³-hybridized carbons (Fsp3) is 0.705. The number of nitrogens with one attached hydrogen (secondary N) is 1. The number of quaternary nitrogens is 1. The van der Waals surface area contributed by atoms with Crippen molar-refractivity contribution in [2.24, 2.45) is 0 Å². The molecule has 3 atom stereocenters. The lowest BCUT2D eigenvalue weighted by molar-refractivity contribution is -0.870. The molecule has 0 aromatic rings. The molecule has 0 rings (SSSR count). The number of hydrogen-bond donors (Lipinski definition) is 1. The number of hydrogen-bond acceptors (Lipinski definition) is 7. The Kier molecular flexibility index (Phi) is 48.3. The largest absolute Gasteiger partial charge is 0.756 e. The van der Waals surface area contributed by atoms with Crippen molar-refractivity contribution in [3.8, 4) is 0 Å². The number of carbonyl (C=O) groups excluding carboxylic acids is 2. The number of amides is 1. The lowest BCUT2D eigenvalue weighted by atomic mass is 10.0. The molecule has 0 bridgehead atoms. The first-order valence-electron chi connectivity index (χ1n) is 28.6. The van der Waals surface area contributed by atoms with E-state index in [1.807, 2.05) is 27.2 Å². The third-order valence-electron chi connectivity index (χ3n) is 12.1. The Labute approximate surface area is 437 Å². The van der Waals surface area contributed by atoms with E-state index in [1.165, 1.54) is 103 Å². The van der Waals surface area contributed by atoms with Gasteiger partial charge in [0.05, 0.1) is 33.8 Å². The van der Waals surface area contributed by atoms with Crippen LogP contribution in [0.25, 0.3) is 0 Å². The molecule has 0 saturated carbocycles. The predicted octanol–water partition coefficient (Wildman–Crippen LogP) is 16.6. The van der Waals surface area contributed by atoms with Gasteiger partial charge in [0.15, 0.2) is 0 Å². The second kappa shape index (κ2) is 50.5. The maximum absolute atomic E-state index is 13.5. The van der Waals surface area contributed by atoms with E-state index in [4.69, 9.17) is 13.8 Å². The van der Waals surface area contributed by atoms with E-state index in [-0.39, 0.29) is 25.4 Å². The number of phosphoric acid groups is 1. The predicted molar refractivity (Wildman–Crippen MR) is 302 cm³/mol. The van der Waals surface area contributed by atoms with Gasteiger partial charge in [-0.3, -0.25) is 14.2 Å². The Bertz CT molecular complexity index is 1540. The van der Waals surface area contributed by atoms with Gasteiger partial charge in [0.1, 0.15) is 19.3 Å². The van der Waals surface area contributed by atoms with Gasteiger partial charge in [0.2, 0.25) is 5.91 Å². The highest BCUT2D eigenvalue weighted by molar-refractivity contribution is 7.45. The van der Waals surface area contributed by atoms with E-state index in [0.29, 0.717) is 23.9 Å². The van der Waals surface area contributed by atoms with Gasteiger partial charge in [-0.15, -0.1) is 0 Å². The highest BCUT2D eigenvalue weighted by atomic mass is 31.2. The SMILES string of the molecule is CC/C=C/C=C/C=C/CCCCCCCCCC(=O)NC(COP(=O)([O-])OCC[N+](C)(C)C)C(/C=C/CCCCCCCCCCCCC)OC(=O)CCC/C=C\C/C=C\C/C=C\C/C=C\CCCCC. The molecule has 9 nitrogen and oxygen atoms in total. The molecule has 0 aliphatic rings. The minimum absolute atomic E-state index is 0.0378. The fourth-order valence-electron chi connectivity index (χ4n) is 7.63. The first-order chi connectivity index (χ1) is 34.4. The molecule has 408 valence electrons. The molecule has 0 aromatic carbocycles. The zero-order valence-corrected chi connectivity index (χ0v) is 47.3. The van der Waals surface area contributed by atoms with Crippen molar-refractivity contribution >= 4 is 19.7 Å². The lowest BCUT2D eigenvalue weighted by Gasteiger charge is -2.30. The Morgan fingerprint density at radius 3 is 1.52 bits per heavy atom. The van der Waals surface area contributed by atoms with Crippen LogP contribution in [0.4, 0.5) is 0 Å². The summed E-state index contributed by atoms with van der Waals surface area (Å²) in [7, 11) is 1.13. The van der Waals surface area contributed by atoms with Gasteiger partial charge in [-0.1, -0.05) is 221 Å². The van der Waals surface area contributed by atoms with Gasteiger partial charge in [-0.2, -0.15) is 0 Å². The summed E-state index contributed by atoms with van der Waals surface area (Å²) in [6, 6.07) is -0.921. The van der Waals surface area contributed by atoms with Crippen LogP contribution in [0, 0.1) is 0 Å². The molecule has 0 saturated heterocycles.